The van der Waals surface area contributed by atoms with Gasteiger partial charge in [0.15, 0.2) is 0 Å². The third-order valence-corrected chi connectivity index (χ3v) is 0.499. The van der Waals surface area contributed by atoms with Crippen LogP contribution in [0.4, 0.5) is 0 Å². The Morgan fingerprint density at radius 2 is 2.29 bits per heavy atom. The Bertz CT molecular complexity index is 90.3. The van der Waals surface area contributed by atoms with Crippen molar-refractivity contribution < 1.29 is 0 Å². The van der Waals surface area contributed by atoms with Gasteiger partial charge in [0.1, 0.15) is 5.17 Å². The fourth-order valence-corrected chi connectivity index (χ4v) is 0.234. The maximum atomic E-state index is 5.36. The van der Waals surface area contributed by atoms with Crippen molar-refractivity contribution in [2.45, 2.75) is 13.8 Å². The first-order chi connectivity index (χ1) is 3.27. The van der Waals surface area contributed by atoms with Crippen LogP contribution in [0, 0.1) is 0 Å². The summed E-state index contributed by atoms with van der Waals surface area (Å²) in [7, 11) is 0. The number of rotatable bonds is 1. The third-order valence-electron chi connectivity index (χ3n) is 0.402. The second-order valence-corrected chi connectivity index (χ2v) is 1.66. The maximum absolute atomic E-state index is 5.36. The van der Waals surface area contributed by atoms with Gasteiger partial charge in [-0.05, 0) is 13.8 Å². The van der Waals surface area contributed by atoms with Crippen molar-refractivity contribution in [3.05, 3.63) is 12.3 Å². The molecule has 0 aromatic rings. The molecule has 0 aromatic carbocycles. The Balaban J connectivity index is 3.46. The largest absolute Gasteiger partial charge is 0.250 e. The SMILES string of the molecule is C/C=C\N=C(C)Cl. The van der Waals surface area contributed by atoms with Crippen molar-refractivity contribution in [3.63, 3.8) is 0 Å². The number of nitrogens with zero attached hydrogens (tertiary/aromatic N) is 1. The van der Waals surface area contributed by atoms with Crippen LogP contribution in [0.2, 0.25) is 0 Å². The molecule has 0 aliphatic rings. The molecule has 0 aromatic heterocycles. The van der Waals surface area contributed by atoms with Crippen LogP contribution in [0.5, 0.6) is 0 Å². The number of allylic oxidation sites excluding steroid dienone is 1. The second kappa shape index (κ2) is 3.88. The van der Waals surface area contributed by atoms with Crippen LogP contribution in [0.25, 0.3) is 0 Å². The zero-order chi connectivity index (χ0) is 5.70. The fourth-order valence-electron chi connectivity index (χ4n) is 0.177. The normalized spacial score (nSPS) is 13.3. The second-order valence-electron chi connectivity index (χ2n) is 1.11. The molecule has 0 amide bonds. The summed E-state index contributed by atoms with van der Waals surface area (Å²) in [6, 6.07) is 0. The van der Waals surface area contributed by atoms with Crippen molar-refractivity contribution in [1.29, 1.82) is 0 Å². The molecule has 0 fully saturated rings. The highest BCUT2D eigenvalue weighted by Crippen LogP contribution is 1.83. The first kappa shape index (κ1) is 6.70. The lowest BCUT2D eigenvalue weighted by Crippen LogP contribution is -1.68. The van der Waals surface area contributed by atoms with E-state index in [1.807, 2.05) is 13.0 Å². The number of halogens is 1. The minimum Gasteiger partial charge on any atom is -0.250 e. The molecule has 0 atom stereocenters. The van der Waals surface area contributed by atoms with Crippen LogP contribution in [0.3, 0.4) is 0 Å². The van der Waals surface area contributed by atoms with Gasteiger partial charge in [0.25, 0.3) is 0 Å². The summed E-state index contributed by atoms with van der Waals surface area (Å²) < 4.78 is 0. The van der Waals surface area contributed by atoms with Gasteiger partial charge >= 0.3 is 0 Å². The Labute approximate surface area is 48.7 Å². The summed E-state index contributed by atoms with van der Waals surface area (Å²) in [4.78, 5) is 3.74. The van der Waals surface area contributed by atoms with Gasteiger partial charge in [0, 0.05) is 6.20 Å². The predicted molar refractivity (Wildman–Crippen MR) is 33.8 cm³/mol. The molecule has 0 aliphatic carbocycles. The maximum Gasteiger partial charge on any atom is 0.103 e. The molecule has 0 saturated heterocycles. The lowest BCUT2D eigenvalue weighted by molar-refractivity contribution is 1.52. The molecule has 0 unspecified atom stereocenters. The van der Waals surface area contributed by atoms with Gasteiger partial charge in [-0.1, -0.05) is 17.7 Å². The molecule has 0 heterocycles. The molecule has 7 heavy (non-hydrogen) atoms. The monoisotopic (exact) mass is 117 g/mol. The van der Waals surface area contributed by atoms with E-state index in [1.165, 1.54) is 0 Å². The van der Waals surface area contributed by atoms with Gasteiger partial charge in [-0.15, -0.1) is 0 Å². The predicted octanol–water partition coefficient (Wildman–Crippen LogP) is 2.18. The molecule has 40 valence electrons. The fraction of sp³-hybridized carbons (Fsp3) is 0.400. The van der Waals surface area contributed by atoms with Gasteiger partial charge in [-0.25, -0.2) is 4.99 Å². The molecule has 0 bridgehead atoms. The van der Waals surface area contributed by atoms with E-state index < -0.39 is 0 Å². The van der Waals surface area contributed by atoms with Crippen molar-refractivity contribution in [2.24, 2.45) is 4.99 Å². The van der Waals surface area contributed by atoms with Crippen LogP contribution >= 0.6 is 11.6 Å². The van der Waals surface area contributed by atoms with E-state index in [0.717, 1.165) is 0 Å². The summed E-state index contributed by atoms with van der Waals surface area (Å²) in [5.41, 5.74) is 0. The van der Waals surface area contributed by atoms with E-state index in [0.29, 0.717) is 5.17 Å². The lowest BCUT2D eigenvalue weighted by atomic mass is 10.7. The molecule has 0 aliphatic heterocycles. The molecule has 0 radical (unpaired) electrons. The van der Waals surface area contributed by atoms with E-state index >= 15 is 0 Å². The molecular formula is C5H8ClN. The Kier molecular flexibility index (Phi) is 3.71. The Hall–Kier alpha value is -0.300. The Morgan fingerprint density at radius 1 is 1.71 bits per heavy atom. The highest BCUT2D eigenvalue weighted by Gasteiger charge is 1.70. The van der Waals surface area contributed by atoms with Crippen LogP contribution < -0.4 is 0 Å². The first-order valence-corrected chi connectivity index (χ1v) is 2.46. The number of hydrogen-bond acceptors (Lipinski definition) is 1. The van der Waals surface area contributed by atoms with Gasteiger partial charge in [0.2, 0.25) is 0 Å². The quantitative estimate of drug-likeness (QED) is 0.467. The molecular weight excluding hydrogens is 110 g/mol. The topological polar surface area (TPSA) is 12.4 Å². The average Bonchev–Trinajstić information content (AvgIpc) is 1.61. The molecule has 0 saturated carbocycles. The lowest BCUT2D eigenvalue weighted by Gasteiger charge is -1.75. The highest BCUT2D eigenvalue weighted by molar-refractivity contribution is 6.64. The summed E-state index contributed by atoms with van der Waals surface area (Å²) >= 11 is 5.36. The summed E-state index contributed by atoms with van der Waals surface area (Å²) in [6.07, 6.45) is 3.48. The zero-order valence-electron chi connectivity index (χ0n) is 4.48. The molecule has 1 nitrogen and oxygen atoms in total. The van der Waals surface area contributed by atoms with E-state index in [1.54, 1.807) is 13.1 Å². The zero-order valence-corrected chi connectivity index (χ0v) is 5.24. The molecule has 2 heteroatoms. The van der Waals surface area contributed by atoms with Crippen LogP contribution in [-0.2, 0) is 0 Å². The van der Waals surface area contributed by atoms with Crippen LogP contribution in [-0.4, -0.2) is 5.17 Å². The van der Waals surface area contributed by atoms with E-state index in [-0.39, 0.29) is 0 Å². The van der Waals surface area contributed by atoms with Gasteiger partial charge < -0.3 is 0 Å². The van der Waals surface area contributed by atoms with Crippen molar-refractivity contribution in [3.8, 4) is 0 Å². The average molecular weight is 118 g/mol. The van der Waals surface area contributed by atoms with Crippen molar-refractivity contribution in [2.75, 3.05) is 0 Å². The third kappa shape index (κ3) is 5.70. The minimum absolute atomic E-state index is 0.568. The number of aliphatic imine (C=N–C) groups is 1. The summed E-state index contributed by atoms with van der Waals surface area (Å²) in [5, 5.41) is 0.568. The van der Waals surface area contributed by atoms with Crippen molar-refractivity contribution >= 4 is 16.8 Å². The number of hydrogen-bond donors (Lipinski definition) is 0. The van der Waals surface area contributed by atoms with Gasteiger partial charge in [-0.3, -0.25) is 0 Å². The molecule has 0 rings (SSSR count). The summed E-state index contributed by atoms with van der Waals surface area (Å²) in [5.74, 6) is 0. The van der Waals surface area contributed by atoms with E-state index in [2.05, 4.69) is 4.99 Å². The Morgan fingerprint density at radius 3 is 2.43 bits per heavy atom. The highest BCUT2D eigenvalue weighted by atomic mass is 35.5. The molecule has 0 spiro atoms. The van der Waals surface area contributed by atoms with E-state index in [9.17, 15) is 0 Å². The van der Waals surface area contributed by atoms with Crippen LogP contribution in [0.15, 0.2) is 17.3 Å². The van der Waals surface area contributed by atoms with Crippen molar-refractivity contribution in [1.82, 2.24) is 0 Å². The van der Waals surface area contributed by atoms with Gasteiger partial charge in [-0.2, -0.15) is 0 Å². The smallest absolute Gasteiger partial charge is 0.103 e. The van der Waals surface area contributed by atoms with E-state index in [4.69, 9.17) is 11.6 Å². The standard InChI is InChI=1S/C5H8ClN/c1-3-4-7-5(2)6/h3-4H,1-2H3/b4-3-,7-5?. The summed E-state index contributed by atoms with van der Waals surface area (Å²) in [6.45, 7) is 3.63. The first-order valence-electron chi connectivity index (χ1n) is 2.08. The minimum atomic E-state index is 0.568. The van der Waals surface area contributed by atoms with Gasteiger partial charge in [0.05, 0.1) is 0 Å². The molecule has 0 N–H and O–H groups in total. The van der Waals surface area contributed by atoms with Crippen LogP contribution in [0.1, 0.15) is 13.8 Å².